The predicted octanol–water partition coefficient (Wildman–Crippen LogP) is 3.76. The van der Waals surface area contributed by atoms with E-state index in [1.165, 1.54) is 11.1 Å². The van der Waals surface area contributed by atoms with Crippen molar-refractivity contribution in [2.75, 3.05) is 19.4 Å². The highest BCUT2D eigenvalue weighted by Gasteiger charge is 2.24. The largest absolute Gasteiger partial charge is 0.345 e. The van der Waals surface area contributed by atoms with Crippen molar-refractivity contribution in [3.63, 3.8) is 0 Å². The van der Waals surface area contributed by atoms with Crippen LogP contribution in [0.2, 0.25) is 0 Å². The fourth-order valence-electron chi connectivity index (χ4n) is 3.53. The van der Waals surface area contributed by atoms with E-state index in [9.17, 15) is 9.59 Å². The van der Waals surface area contributed by atoms with Crippen molar-refractivity contribution < 1.29 is 9.59 Å². The number of rotatable bonds is 4. The van der Waals surface area contributed by atoms with E-state index < -0.39 is 0 Å². The lowest BCUT2D eigenvalue weighted by Crippen LogP contribution is -2.23. The first-order chi connectivity index (χ1) is 12.0. The van der Waals surface area contributed by atoms with Crippen molar-refractivity contribution in [1.29, 1.82) is 0 Å². The minimum absolute atomic E-state index is 0.000690. The Hall–Kier alpha value is -2.62. The van der Waals surface area contributed by atoms with Gasteiger partial charge in [-0.05, 0) is 54.5 Å². The van der Waals surface area contributed by atoms with E-state index in [2.05, 4.69) is 23.5 Å². The number of carbonyl (C=O) groups is 2. The third kappa shape index (κ3) is 3.58. The fraction of sp³-hybridized carbons (Fsp3) is 0.333. The first kappa shape index (κ1) is 17.2. The summed E-state index contributed by atoms with van der Waals surface area (Å²) in [6.45, 7) is 1.87. The number of aryl methyl sites for hydroxylation is 1. The van der Waals surface area contributed by atoms with Crippen LogP contribution in [0.5, 0.6) is 0 Å². The van der Waals surface area contributed by atoms with Gasteiger partial charge in [0.1, 0.15) is 0 Å². The zero-order chi connectivity index (χ0) is 18.0. The van der Waals surface area contributed by atoms with E-state index in [0.717, 1.165) is 18.4 Å². The monoisotopic (exact) mass is 336 g/mol. The molecule has 1 aliphatic rings. The van der Waals surface area contributed by atoms with Crippen LogP contribution < -0.4 is 5.32 Å². The number of hydrogen-bond acceptors (Lipinski definition) is 2. The molecular formula is C21H24N2O2. The molecule has 0 aliphatic heterocycles. The number of hydrogen-bond donors (Lipinski definition) is 1. The van der Waals surface area contributed by atoms with Crippen LogP contribution in [0.25, 0.3) is 0 Å². The van der Waals surface area contributed by atoms with E-state index in [1.807, 2.05) is 25.1 Å². The summed E-state index contributed by atoms with van der Waals surface area (Å²) in [5.41, 5.74) is 4.79. The first-order valence-corrected chi connectivity index (χ1v) is 8.66. The number of nitrogens with one attached hydrogen (secondary N) is 1. The van der Waals surface area contributed by atoms with Gasteiger partial charge in [0.05, 0.1) is 0 Å². The Morgan fingerprint density at radius 1 is 1.12 bits per heavy atom. The average Bonchev–Trinajstić information content (AvgIpc) is 2.99. The van der Waals surface area contributed by atoms with Gasteiger partial charge in [-0.3, -0.25) is 9.59 Å². The third-order valence-electron chi connectivity index (χ3n) is 4.93. The molecule has 0 heterocycles. The van der Waals surface area contributed by atoms with Crippen molar-refractivity contribution in [3.8, 4) is 0 Å². The Bertz CT molecular complexity index is 811. The highest BCUT2D eigenvalue weighted by atomic mass is 16.2. The third-order valence-corrected chi connectivity index (χ3v) is 4.93. The quantitative estimate of drug-likeness (QED) is 0.924. The van der Waals surface area contributed by atoms with E-state index in [1.54, 1.807) is 25.1 Å². The molecule has 2 amide bonds. The van der Waals surface area contributed by atoms with Crippen LogP contribution in [0.1, 0.15) is 45.8 Å². The molecule has 2 aromatic rings. The fourth-order valence-corrected chi connectivity index (χ4v) is 3.53. The summed E-state index contributed by atoms with van der Waals surface area (Å²) in [5.74, 6) is 0.223. The molecular weight excluding hydrogens is 312 g/mol. The normalized spacial score (nSPS) is 15.6. The average molecular weight is 336 g/mol. The van der Waals surface area contributed by atoms with Gasteiger partial charge in [0.2, 0.25) is 5.91 Å². The van der Waals surface area contributed by atoms with Gasteiger partial charge in [0.15, 0.2) is 0 Å². The Morgan fingerprint density at radius 2 is 1.88 bits per heavy atom. The first-order valence-electron chi connectivity index (χ1n) is 8.66. The zero-order valence-corrected chi connectivity index (χ0v) is 15.0. The summed E-state index contributed by atoms with van der Waals surface area (Å²) < 4.78 is 0. The Balaban J connectivity index is 1.72. The van der Waals surface area contributed by atoms with Crippen LogP contribution >= 0.6 is 0 Å². The predicted molar refractivity (Wildman–Crippen MR) is 99.9 cm³/mol. The summed E-state index contributed by atoms with van der Waals surface area (Å²) in [5, 5.41) is 2.99. The molecule has 0 bridgehead atoms. The lowest BCUT2D eigenvalue weighted by molar-refractivity contribution is -0.116. The number of anilines is 1. The minimum atomic E-state index is -0.0571. The molecule has 0 aromatic heterocycles. The summed E-state index contributed by atoms with van der Waals surface area (Å²) in [6, 6.07) is 13.8. The van der Waals surface area contributed by atoms with E-state index >= 15 is 0 Å². The summed E-state index contributed by atoms with van der Waals surface area (Å²) >= 11 is 0. The standard InChI is InChI=1S/C21H24N2O2/c1-14-17(21(25)23(2)3)9-6-10-19(14)22-20(24)13-16-12-11-15-7-4-5-8-18(15)16/h4-10,16H,11-13H2,1-3H3,(H,22,24). The topological polar surface area (TPSA) is 49.4 Å². The maximum atomic E-state index is 12.5. The van der Waals surface area contributed by atoms with Gasteiger partial charge in [-0.2, -0.15) is 0 Å². The van der Waals surface area contributed by atoms with Gasteiger partial charge in [-0.25, -0.2) is 0 Å². The molecule has 25 heavy (non-hydrogen) atoms. The lowest BCUT2D eigenvalue weighted by Gasteiger charge is -2.16. The molecule has 1 atom stereocenters. The van der Waals surface area contributed by atoms with Crippen molar-refractivity contribution in [2.24, 2.45) is 0 Å². The number of nitrogens with zero attached hydrogens (tertiary/aromatic N) is 1. The molecule has 0 saturated heterocycles. The second-order valence-electron chi connectivity index (χ2n) is 6.86. The smallest absolute Gasteiger partial charge is 0.253 e. The molecule has 0 saturated carbocycles. The highest BCUT2D eigenvalue weighted by molar-refractivity contribution is 5.99. The Labute approximate surface area is 148 Å². The van der Waals surface area contributed by atoms with Crippen molar-refractivity contribution in [3.05, 3.63) is 64.7 Å². The van der Waals surface area contributed by atoms with Gasteiger partial charge in [0, 0.05) is 31.8 Å². The maximum Gasteiger partial charge on any atom is 0.253 e. The maximum absolute atomic E-state index is 12.5. The highest BCUT2D eigenvalue weighted by Crippen LogP contribution is 2.35. The lowest BCUT2D eigenvalue weighted by atomic mass is 9.97. The molecule has 0 radical (unpaired) electrons. The van der Waals surface area contributed by atoms with E-state index in [4.69, 9.17) is 0 Å². The van der Waals surface area contributed by atoms with Gasteiger partial charge in [-0.1, -0.05) is 30.3 Å². The number of fused-ring (bicyclic) bond motifs is 1. The van der Waals surface area contributed by atoms with E-state index in [0.29, 0.717) is 17.7 Å². The van der Waals surface area contributed by atoms with Crippen LogP contribution in [0.3, 0.4) is 0 Å². The van der Waals surface area contributed by atoms with Gasteiger partial charge in [0.25, 0.3) is 5.91 Å². The molecule has 2 aromatic carbocycles. The molecule has 4 heteroatoms. The summed E-state index contributed by atoms with van der Waals surface area (Å²) in [6.07, 6.45) is 2.53. The van der Waals surface area contributed by atoms with Crippen LogP contribution in [0, 0.1) is 6.92 Å². The number of benzene rings is 2. The zero-order valence-electron chi connectivity index (χ0n) is 15.0. The molecule has 0 spiro atoms. The molecule has 4 nitrogen and oxygen atoms in total. The van der Waals surface area contributed by atoms with Crippen molar-refractivity contribution >= 4 is 17.5 Å². The van der Waals surface area contributed by atoms with Crippen molar-refractivity contribution in [2.45, 2.75) is 32.1 Å². The summed E-state index contributed by atoms with van der Waals surface area (Å²) in [4.78, 5) is 26.3. The molecule has 1 unspecified atom stereocenters. The van der Waals surface area contributed by atoms with Gasteiger partial charge < -0.3 is 10.2 Å². The molecule has 3 rings (SSSR count). The van der Waals surface area contributed by atoms with Crippen LogP contribution in [-0.4, -0.2) is 30.8 Å². The Morgan fingerprint density at radius 3 is 2.64 bits per heavy atom. The SMILES string of the molecule is Cc1c(NC(=O)CC2CCc3ccccc32)cccc1C(=O)N(C)C. The van der Waals surface area contributed by atoms with E-state index in [-0.39, 0.29) is 17.7 Å². The Kier molecular flexibility index (Phi) is 4.88. The van der Waals surface area contributed by atoms with Crippen molar-refractivity contribution in [1.82, 2.24) is 4.90 Å². The van der Waals surface area contributed by atoms with Crippen LogP contribution in [0.15, 0.2) is 42.5 Å². The van der Waals surface area contributed by atoms with Crippen LogP contribution in [-0.2, 0) is 11.2 Å². The van der Waals surface area contributed by atoms with Gasteiger partial charge >= 0.3 is 0 Å². The minimum Gasteiger partial charge on any atom is -0.345 e. The second-order valence-corrected chi connectivity index (χ2v) is 6.86. The van der Waals surface area contributed by atoms with Gasteiger partial charge in [-0.15, -0.1) is 0 Å². The molecule has 130 valence electrons. The summed E-state index contributed by atoms with van der Waals surface area (Å²) in [7, 11) is 3.45. The number of carbonyl (C=O) groups excluding carboxylic acids is 2. The second kappa shape index (κ2) is 7.09. The number of amides is 2. The molecule has 1 aliphatic carbocycles. The molecule has 1 N–H and O–H groups in total. The van der Waals surface area contributed by atoms with Crippen LogP contribution in [0.4, 0.5) is 5.69 Å². The molecule has 0 fully saturated rings.